The van der Waals surface area contributed by atoms with Crippen molar-refractivity contribution in [3.05, 3.63) is 56.5 Å². The maximum absolute atomic E-state index is 10.2. The highest BCUT2D eigenvalue weighted by molar-refractivity contribution is 9.11. The van der Waals surface area contributed by atoms with E-state index in [1.807, 2.05) is 19.1 Å². The van der Waals surface area contributed by atoms with Gasteiger partial charge in [-0.25, -0.2) is 0 Å². The first-order valence-electron chi connectivity index (χ1n) is 4.98. The first-order chi connectivity index (χ1) is 8.08. The molecule has 0 aliphatic rings. The molecule has 2 aromatic heterocycles. The Hall–Kier alpha value is -0.780. The Balaban J connectivity index is 2.40. The molecule has 0 saturated heterocycles. The SMILES string of the molecule is Cc1cncc(C(O)c2ncc(Br)cc2Br)c1. The normalized spacial score (nSPS) is 12.5. The molecule has 0 saturated carbocycles. The summed E-state index contributed by atoms with van der Waals surface area (Å²) in [6.45, 7) is 1.94. The van der Waals surface area contributed by atoms with E-state index in [1.165, 1.54) is 0 Å². The van der Waals surface area contributed by atoms with Crippen molar-refractivity contribution in [2.45, 2.75) is 13.0 Å². The summed E-state index contributed by atoms with van der Waals surface area (Å²) in [5.74, 6) is 0. The lowest BCUT2D eigenvalue weighted by molar-refractivity contribution is 0.214. The molecule has 2 rings (SSSR count). The molecule has 0 bridgehead atoms. The van der Waals surface area contributed by atoms with Crippen LogP contribution in [0, 0.1) is 6.92 Å². The molecule has 0 amide bonds. The molecule has 2 heterocycles. The van der Waals surface area contributed by atoms with Gasteiger partial charge < -0.3 is 5.11 Å². The minimum absolute atomic E-state index is 0.584. The maximum atomic E-state index is 10.2. The Morgan fingerprint density at radius 1 is 1.18 bits per heavy atom. The third-order valence-electron chi connectivity index (χ3n) is 2.31. The fraction of sp³-hybridized carbons (Fsp3) is 0.167. The zero-order valence-corrected chi connectivity index (χ0v) is 12.2. The largest absolute Gasteiger partial charge is 0.382 e. The average molecular weight is 358 g/mol. The standard InChI is InChI=1S/C12H10Br2N2O/c1-7-2-8(5-15-4-7)12(17)11-10(14)3-9(13)6-16-11/h2-6,12,17H,1H3. The van der Waals surface area contributed by atoms with Crippen molar-refractivity contribution < 1.29 is 5.11 Å². The van der Waals surface area contributed by atoms with Gasteiger partial charge in [0.1, 0.15) is 6.10 Å². The number of rotatable bonds is 2. The average Bonchev–Trinajstić information content (AvgIpc) is 2.28. The molecular formula is C12H10Br2N2O. The molecule has 2 aromatic rings. The molecule has 5 heteroatoms. The van der Waals surface area contributed by atoms with Crippen molar-refractivity contribution in [1.29, 1.82) is 0 Å². The van der Waals surface area contributed by atoms with Crippen molar-refractivity contribution in [2.24, 2.45) is 0 Å². The van der Waals surface area contributed by atoms with Crippen LogP contribution in [0.1, 0.15) is 22.9 Å². The second-order valence-electron chi connectivity index (χ2n) is 3.72. The maximum Gasteiger partial charge on any atom is 0.124 e. The van der Waals surface area contributed by atoms with E-state index in [1.54, 1.807) is 18.6 Å². The van der Waals surface area contributed by atoms with Crippen LogP contribution in [-0.4, -0.2) is 15.1 Å². The fourth-order valence-corrected chi connectivity index (χ4v) is 2.72. The van der Waals surface area contributed by atoms with Crippen LogP contribution < -0.4 is 0 Å². The number of hydrogen-bond donors (Lipinski definition) is 1. The Labute approximate surface area is 116 Å². The van der Waals surface area contributed by atoms with Gasteiger partial charge in [0.2, 0.25) is 0 Å². The van der Waals surface area contributed by atoms with Crippen LogP contribution >= 0.6 is 31.9 Å². The molecule has 0 fully saturated rings. The fourth-order valence-electron chi connectivity index (χ4n) is 1.51. The molecule has 0 spiro atoms. The first kappa shape index (κ1) is 12.7. The van der Waals surface area contributed by atoms with Crippen molar-refractivity contribution >= 4 is 31.9 Å². The summed E-state index contributed by atoms with van der Waals surface area (Å²) in [6, 6.07) is 3.75. The van der Waals surface area contributed by atoms with E-state index in [-0.39, 0.29) is 0 Å². The monoisotopic (exact) mass is 356 g/mol. The van der Waals surface area contributed by atoms with Crippen LogP contribution in [0.25, 0.3) is 0 Å². The van der Waals surface area contributed by atoms with Crippen molar-refractivity contribution in [2.75, 3.05) is 0 Å². The molecule has 17 heavy (non-hydrogen) atoms. The van der Waals surface area contributed by atoms with E-state index in [0.29, 0.717) is 5.69 Å². The summed E-state index contributed by atoms with van der Waals surface area (Å²) >= 11 is 6.72. The number of aryl methyl sites for hydroxylation is 1. The molecule has 1 unspecified atom stereocenters. The molecule has 88 valence electrons. The predicted octanol–water partition coefficient (Wildman–Crippen LogP) is 3.39. The highest BCUT2D eigenvalue weighted by Crippen LogP contribution is 2.28. The van der Waals surface area contributed by atoms with Crippen LogP contribution in [0.3, 0.4) is 0 Å². The van der Waals surface area contributed by atoms with Crippen LogP contribution in [0.5, 0.6) is 0 Å². The van der Waals surface area contributed by atoms with E-state index in [2.05, 4.69) is 41.8 Å². The second kappa shape index (κ2) is 5.25. The summed E-state index contributed by atoms with van der Waals surface area (Å²) in [5.41, 5.74) is 2.33. The van der Waals surface area contributed by atoms with Crippen molar-refractivity contribution in [1.82, 2.24) is 9.97 Å². The lowest BCUT2D eigenvalue weighted by atomic mass is 10.1. The first-order valence-corrected chi connectivity index (χ1v) is 6.57. The Kier molecular flexibility index (Phi) is 3.91. The third kappa shape index (κ3) is 2.91. The van der Waals surface area contributed by atoms with Crippen molar-refractivity contribution in [3.8, 4) is 0 Å². The summed E-state index contributed by atoms with van der Waals surface area (Å²) in [7, 11) is 0. The van der Waals surface area contributed by atoms with Crippen LogP contribution in [-0.2, 0) is 0 Å². The van der Waals surface area contributed by atoms with Gasteiger partial charge >= 0.3 is 0 Å². The topological polar surface area (TPSA) is 46.0 Å². The molecular weight excluding hydrogens is 348 g/mol. The van der Waals surface area contributed by atoms with Gasteiger partial charge in [0.25, 0.3) is 0 Å². The second-order valence-corrected chi connectivity index (χ2v) is 5.49. The summed E-state index contributed by atoms with van der Waals surface area (Å²) in [5, 5.41) is 10.2. The van der Waals surface area contributed by atoms with Gasteiger partial charge in [0, 0.05) is 33.1 Å². The summed E-state index contributed by atoms with van der Waals surface area (Å²) in [4.78, 5) is 8.28. The molecule has 1 atom stereocenters. The number of aliphatic hydroxyl groups is 1. The summed E-state index contributed by atoms with van der Waals surface area (Å²) < 4.78 is 1.63. The molecule has 0 radical (unpaired) electrons. The van der Waals surface area contributed by atoms with Gasteiger partial charge in [-0.2, -0.15) is 0 Å². The van der Waals surface area contributed by atoms with E-state index in [4.69, 9.17) is 0 Å². The number of pyridine rings is 2. The van der Waals surface area contributed by atoms with Crippen LogP contribution in [0.15, 0.2) is 39.7 Å². The quantitative estimate of drug-likeness (QED) is 0.895. The molecule has 0 aliphatic carbocycles. The van der Waals surface area contributed by atoms with E-state index in [0.717, 1.165) is 20.1 Å². The lowest BCUT2D eigenvalue weighted by Crippen LogP contribution is -2.04. The van der Waals surface area contributed by atoms with Gasteiger partial charge in [-0.3, -0.25) is 9.97 Å². The zero-order valence-electron chi connectivity index (χ0n) is 9.06. The van der Waals surface area contributed by atoms with Crippen molar-refractivity contribution in [3.63, 3.8) is 0 Å². The van der Waals surface area contributed by atoms with E-state index < -0.39 is 6.10 Å². The van der Waals surface area contributed by atoms with Gasteiger partial charge in [-0.05, 0) is 50.4 Å². The minimum atomic E-state index is -0.773. The van der Waals surface area contributed by atoms with Gasteiger partial charge in [-0.15, -0.1) is 0 Å². The van der Waals surface area contributed by atoms with E-state index >= 15 is 0 Å². The van der Waals surface area contributed by atoms with Gasteiger partial charge in [0.15, 0.2) is 0 Å². The predicted molar refractivity (Wildman–Crippen MR) is 72.7 cm³/mol. The molecule has 0 aliphatic heterocycles. The number of halogens is 2. The Morgan fingerprint density at radius 3 is 2.59 bits per heavy atom. The van der Waals surface area contributed by atoms with Crippen LogP contribution in [0.2, 0.25) is 0 Å². The highest BCUT2D eigenvalue weighted by atomic mass is 79.9. The molecule has 1 N–H and O–H groups in total. The molecule has 0 aromatic carbocycles. The Morgan fingerprint density at radius 2 is 1.94 bits per heavy atom. The smallest absolute Gasteiger partial charge is 0.124 e. The lowest BCUT2D eigenvalue weighted by Gasteiger charge is -2.12. The molecule has 3 nitrogen and oxygen atoms in total. The van der Waals surface area contributed by atoms with Gasteiger partial charge in [0.05, 0.1) is 5.69 Å². The zero-order chi connectivity index (χ0) is 12.4. The number of hydrogen-bond acceptors (Lipinski definition) is 3. The minimum Gasteiger partial charge on any atom is -0.382 e. The number of aromatic nitrogens is 2. The third-order valence-corrected chi connectivity index (χ3v) is 3.38. The van der Waals surface area contributed by atoms with Crippen LogP contribution in [0.4, 0.5) is 0 Å². The summed E-state index contributed by atoms with van der Waals surface area (Å²) in [6.07, 6.45) is 4.28. The Bertz CT molecular complexity index is 546. The van der Waals surface area contributed by atoms with Gasteiger partial charge in [-0.1, -0.05) is 6.07 Å². The number of nitrogens with zero attached hydrogens (tertiary/aromatic N) is 2. The number of aliphatic hydroxyl groups excluding tert-OH is 1. The highest BCUT2D eigenvalue weighted by Gasteiger charge is 2.15. The van der Waals surface area contributed by atoms with E-state index in [9.17, 15) is 5.11 Å².